The number of nitrogens with one attached hydrogen (secondary N) is 1. The second-order valence-corrected chi connectivity index (χ2v) is 6.89. The Bertz CT molecular complexity index is 603. The minimum absolute atomic E-state index is 0.00231. The molecule has 1 unspecified atom stereocenters. The predicted octanol–water partition coefficient (Wildman–Crippen LogP) is -0.0267. The lowest BCUT2D eigenvalue weighted by Crippen LogP contribution is -2.54. The third-order valence-corrected chi connectivity index (χ3v) is 5.03. The first-order chi connectivity index (χ1) is 12.7. The van der Waals surface area contributed by atoms with Gasteiger partial charge in [0.05, 0.1) is 12.5 Å². The maximum absolute atomic E-state index is 12.9. The average Bonchev–Trinajstić information content (AvgIpc) is 2.69. The number of piperazine rings is 1. The molecule has 0 aliphatic carbocycles. The smallest absolute Gasteiger partial charge is 0.234 e. The number of anilines is 1. The number of rotatable bonds is 5. The quantitative estimate of drug-likeness (QED) is 0.794. The van der Waals surface area contributed by atoms with Gasteiger partial charge in [0.25, 0.3) is 0 Å². The van der Waals surface area contributed by atoms with Crippen LogP contribution in [0.4, 0.5) is 5.95 Å². The molecule has 2 aliphatic heterocycles. The number of amides is 2. The summed E-state index contributed by atoms with van der Waals surface area (Å²) in [4.78, 5) is 39.4. The van der Waals surface area contributed by atoms with Crippen LogP contribution in [-0.2, 0) is 9.59 Å². The van der Waals surface area contributed by atoms with Gasteiger partial charge >= 0.3 is 0 Å². The largest absolute Gasteiger partial charge is 0.355 e. The molecule has 1 aromatic rings. The van der Waals surface area contributed by atoms with Gasteiger partial charge in [-0.1, -0.05) is 0 Å². The zero-order chi connectivity index (χ0) is 18.4. The minimum atomic E-state index is 0.00231. The number of aromatic nitrogens is 2. The molecule has 3 rings (SSSR count). The molecule has 3 heterocycles. The molecule has 8 heteroatoms. The molecule has 2 aliphatic rings. The van der Waals surface area contributed by atoms with Crippen LogP contribution in [0.3, 0.4) is 0 Å². The van der Waals surface area contributed by atoms with Crippen molar-refractivity contribution in [2.24, 2.45) is 5.92 Å². The van der Waals surface area contributed by atoms with Gasteiger partial charge in [0.15, 0.2) is 0 Å². The van der Waals surface area contributed by atoms with E-state index >= 15 is 0 Å². The lowest BCUT2D eigenvalue weighted by molar-refractivity contribution is -0.137. The van der Waals surface area contributed by atoms with E-state index < -0.39 is 0 Å². The molecule has 1 aromatic heterocycles. The second-order valence-electron chi connectivity index (χ2n) is 6.89. The Morgan fingerprint density at radius 1 is 1.15 bits per heavy atom. The average molecular weight is 360 g/mol. The highest BCUT2D eigenvalue weighted by Crippen LogP contribution is 2.22. The molecular weight excluding hydrogens is 332 g/mol. The molecule has 2 fully saturated rings. The molecule has 2 saturated heterocycles. The van der Waals surface area contributed by atoms with Crippen LogP contribution in [0.2, 0.25) is 0 Å². The number of carbonyl (C=O) groups is 2. The molecule has 0 bridgehead atoms. The number of hydrogen-bond donors (Lipinski definition) is 1. The highest BCUT2D eigenvalue weighted by Gasteiger charge is 2.32. The predicted molar refractivity (Wildman–Crippen MR) is 98.7 cm³/mol. The molecule has 1 N–H and O–H groups in total. The molecule has 26 heavy (non-hydrogen) atoms. The van der Waals surface area contributed by atoms with Crippen LogP contribution >= 0.6 is 0 Å². The van der Waals surface area contributed by atoms with E-state index in [0.717, 1.165) is 32.5 Å². The van der Waals surface area contributed by atoms with E-state index in [-0.39, 0.29) is 17.7 Å². The van der Waals surface area contributed by atoms with Crippen LogP contribution in [0.5, 0.6) is 0 Å². The third kappa shape index (κ3) is 4.69. The summed E-state index contributed by atoms with van der Waals surface area (Å²) in [6.07, 6.45) is 5.37. The van der Waals surface area contributed by atoms with Gasteiger partial charge in [-0.05, 0) is 25.8 Å². The van der Waals surface area contributed by atoms with Gasteiger partial charge in [-0.2, -0.15) is 0 Å². The summed E-state index contributed by atoms with van der Waals surface area (Å²) >= 11 is 0. The molecule has 0 radical (unpaired) electrons. The normalized spacial score (nSPS) is 21.5. The number of nitrogens with zero attached hydrogens (tertiary/aromatic N) is 5. The van der Waals surface area contributed by atoms with Crippen molar-refractivity contribution in [2.45, 2.75) is 19.8 Å². The zero-order valence-corrected chi connectivity index (χ0v) is 15.4. The summed E-state index contributed by atoms with van der Waals surface area (Å²) in [5.74, 6) is 0.987. The Hall–Kier alpha value is -2.22. The van der Waals surface area contributed by atoms with Crippen molar-refractivity contribution >= 4 is 17.8 Å². The fraction of sp³-hybridized carbons (Fsp3) is 0.667. The second kappa shape index (κ2) is 8.93. The highest BCUT2D eigenvalue weighted by molar-refractivity contribution is 5.80. The Balaban J connectivity index is 1.49. The van der Waals surface area contributed by atoms with E-state index in [1.165, 1.54) is 0 Å². The summed E-state index contributed by atoms with van der Waals surface area (Å²) in [6, 6.07) is 1.80. The van der Waals surface area contributed by atoms with Crippen LogP contribution in [0.1, 0.15) is 19.8 Å². The van der Waals surface area contributed by atoms with E-state index in [0.29, 0.717) is 38.7 Å². The third-order valence-electron chi connectivity index (χ3n) is 5.03. The number of piperidine rings is 1. The van der Waals surface area contributed by atoms with Gasteiger partial charge in [-0.25, -0.2) is 9.97 Å². The van der Waals surface area contributed by atoms with Crippen LogP contribution in [0, 0.1) is 5.92 Å². The van der Waals surface area contributed by atoms with Crippen molar-refractivity contribution in [3.05, 3.63) is 18.5 Å². The Morgan fingerprint density at radius 2 is 1.88 bits per heavy atom. The van der Waals surface area contributed by atoms with Crippen molar-refractivity contribution in [2.75, 3.05) is 57.3 Å². The number of hydrogen-bond acceptors (Lipinski definition) is 6. The molecule has 1 atom stereocenters. The Morgan fingerprint density at radius 3 is 2.58 bits per heavy atom. The molecule has 142 valence electrons. The summed E-state index contributed by atoms with van der Waals surface area (Å²) < 4.78 is 0. The summed E-state index contributed by atoms with van der Waals surface area (Å²) in [7, 11) is 0. The van der Waals surface area contributed by atoms with Gasteiger partial charge in [-0.3, -0.25) is 14.5 Å². The van der Waals surface area contributed by atoms with E-state index in [2.05, 4.69) is 25.1 Å². The monoisotopic (exact) mass is 360 g/mol. The Labute approximate surface area is 154 Å². The first kappa shape index (κ1) is 18.6. The van der Waals surface area contributed by atoms with Crippen molar-refractivity contribution in [3.63, 3.8) is 0 Å². The van der Waals surface area contributed by atoms with Gasteiger partial charge < -0.3 is 15.1 Å². The van der Waals surface area contributed by atoms with E-state index in [1.54, 1.807) is 18.5 Å². The first-order valence-electron chi connectivity index (χ1n) is 9.47. The molecular formula is C18H28N6O2. The fourth-order valence-electron chi connectivity index (χ4n) is 3.66. The maximum Gasteiger partial charge on any atom is 0.234 e. The Kier molecular flexibility index (Phi) is 6.38. The van der Waals surface area contributed by atoms with Crippen molar-refractivity contribution in [1.82, 2.24) is 25.1 Å². The fourth-order valence-corrected chi connectivity index (χ4v) is 3.66. The molecule has 2 amide bonds. The van der Waals surface area contributed by atoms with Gasteiger partial charge in [0.1, 0.15) is 0 Å². The van der Waals surface area contributed by atoms with Crippen LogP contribution < -0.4 is 10.2 Å². The summed E-state index contributed by atoms with van der Waals surface area (Å²) in [5.41, 5.74) is 0. The molecule has 0 saturated carbocycles. The summed E-state index contributed by atoms with van der Waals surface area (Å²) in [5, 5.41) is 2.82. The molecule has 0 spiro atoms. The lowest BCUT2D eigenvalue weighted by atomic mass is 9.96. The van der Waals surface area contributed by atoms with Crippen LogP contribution in [0.25, 0.3) is 0 Å². The first-order valence-corrected chi connectivity index (χ1v) is 9.47. The lowest BCUT2D eigenvalue weighted by Gasteiger charge is -2.38. The van der Waals surface area contributed by atoms with Gasteiger partial charge in [-0.15, -0.1) is 0 Å². The molecule has 8 nitrogen and oxygen atoms in total. The van der Waals surface area contributed by atoms with Crippen molar-refractivity contribution < 1.29 is 9.59 Å². The highest BCUT2D eigenvalue weighted by atomic mass is 16.2. The topological polar surface area (TPSA) is 81.7 Å². The van der Waals surface area contributed by atoms with Crippen LogP contribution in [-0.4, -0.2) is 83.9 Å². The van der Waals surface area contributed by atoms with Crippen molar-refractivity contribution in [3.8, 4) is 0 Å². The molecule has 0 aromatic carbocycles. The standard InChI is InChI=1S/C18H28N6O2/c1-2-19-16(25)14-22-9-11-23(12-10-22)17(26)15-5-3-8-24(13-15)18-20-6-4-7-21-18/h4,6-7,15H,2-3,5,8-14H2,1H3,(H,19,25). The zero-order valence-electron chi connectivity index (χ0n) is 15.4. The van der Waals surface area contributed by atoms with E-state index in [4.69, 9.17) is 0 Å². The SMILES string of the molecule is CCNC(=O)CN1CCN(C(=O)C2CCCN(c3ncccn3)C2)CC1. The van der Waals surface area contributed by atoms with Gasteiger partial charge in [0.2, 0.25) is 17.8 Å². The van der Waals surface area contributed by atoms with Crippen molar-refractivity contribution in [1.29, 1.82) is 0 Å². The van der Waals surface area contributed by atoms with Gasteiger partial charge in [0, 0.05) is 58.2 Å². The number of likely N-dealkylation sites (N-methyl/N-ethyl adjacent to an activating group) is 1. The summed E-state index contributed by atoms with van der Waals surface area (Å²) in [6.45, 7) is 7.45. The van der Waals surface area contributed by atoms with E-state index in [9.17, 15) is 9.59 Å². The number of carbonyl (C=O) groups excluding carboxylic acids is 2. The maximum atomic E-state index is 12.9. The van der Waals surface area contributed by atoms with E-state index in [1.807, 2.05) is 11.8 Å². The minimum Gasteiger partial charge on any atom is -0.355 e. The van der Waals surface area contributed by atoms with Crippen LogP contribution in [0.15, 0.2) is 18.5 Å².